The number of carbonyl (C=O) groups excluding carboxylic acids is 1. The van der Waals surface area contributed by atoms with Crippen LogP contribution >= 0.6 is 11.3 Å². The van der Waals surface area contributed by atoms with E-state index in [1.165, 1.54) is 11.3 Å². The number of hydrogen-bond acceptors (Lipinski definition) is 7. The second kappa shape index (κ2) is 9.18. The lowest BCUT2D eigenvalue weighted by molar-refractivity contribution is -0.122. The summed E-state index contributed by atoms with van der Waals surface area (Å²) in [4.78, 5) is 12.3. The number of ether oxygens (including phenoxy) is 3. The molecule has 7 nitrogen and oxygen atoms in total. The van der Waals surface area contributed by atoms with E-state index in [9.17, 15) is 4.79 Å². The van der Waals surface area contributed by atoms with Gasteiger partial charge in [0.05, 0.1) is 14.2 Å². The summed E-state index contributed by atoms with van der Waals surface area (Å²) >= 11 is 1.32. The number of nitrogens with zero attached hydrogens (tertiary/aromatic N) is 2. The molecule has 0 unspecified atom stereocenters. The van der Waals surface area contributed by atoms with Crippen LogP contribution in [0.1, 0.15) is 17.5 Å². The first-order valence-corrected chi connectivity index (χ1v) is 9.46. The van der Waals surface area contributed by atoms with Gasteiger partial charge in [0.1, 0.15) is 10.8 Å². The molecule has 0 saturated heterocycles. The molecular weight excluding hydrogens is 378 g/mol. The Kier molecular flexibility index (Phi) is 6.44. The SMILES string of the molecule is COc1ccc(Cc2nnc(NC(=O)[C@@H](C)Oc3ccccc3)s2)cc1OC. The number of aromatic nitrogens is 2. The molecule has 1 atom stereocenters. The predicted molar refractivity (Wildman–Crippen MR) is 107 cm³/mol. The number of para-hydroxylation sites is 1. The number of hydrogen-bond donors (Lipinski definition) is 1. The van der Waals surface area contributed by atoms with Crippen molar-refractivity contribution in [2.75, 3.05) is 19.5 Å². The molecule has 1 N–H and O–H groups in total. The van der Waals surface area contributed by atoms with Crippen molar-refractivity contribution in [3.63, 3.8) is 0 Å². The molecular formula is C20H21N3O4S. The molecule has 3 aromatic rings. The van der Waals surface area contributed by atoms with Gasteiger partial charge in [0.15, 0.2) is 17.6 Å². The monoisotopic (exact) mass is 399 g/mol. The molecule has 8 heteroatoms. The van der Waals surface area contributed by atoms with E-state index in [0.717, 1.165) is 10.6 Å². The van der Waals surface area contributed by atoms with Gasteiger partial charge in [-0.25, -0.2) is 0 Å². The molecule has 3 rings (SSSR count). The van der Waals surface area contributed by atoms with Crippen LogP contribution in [-0.4, -0.2) is 36.4 Å². The minimum absolute atomic E-state index is 0.280. The van der Waals surface area contributed by atoms with Crippen LogP contribution in [0, 0.1) is 0 Å². The summed E-state index contributed by atoms with van der Waals surface area (Å²) in [5.74, 6) is 1.68. The van der Waals surface area contributed by atoms with Crippen LogP contribution in [0.15, 0.2) is 48.5 Å². The Labute approximate surface area is 167 Å². The summed E-state index contributed by atoms with van der Waals surface area (Å²) in [5, 5.41) is 12.1. The molecule has 0 saturated carbocycles. The number of rotatable bonds is 8. The molecule has 1 heterocycles. The highest BCUT2D eigenvalue weighted by atomic mass is 32.1. The summed E-state index contributed by atoms with van der Waals surface area (Å²) in [6.07, 6.45) is -0.0788. The first kappa shape index (κ1) is 19.6. The zero-order chi connectivity index (χ0) is 19.9. The van der Waals surface area contributed by atoms with Gasteiger partial charge in [0.25, 0.3) is 5.91 Å². The minimum Gasteiger partial charge on any atom is -0.493 e. The van der Waals surface area contributed by atoms with E-state index >= 15 is 0 Å². The van der Waals surface area contributed by atoms with Crippen LogP contribution in [0.5, 0.6) is 17.2 Å². The number of benzene rings is 2. The van der Waals surface area contributed by atoms with Crippen LogP contribution < -0.4 is 19.5 Å². The minimum atomic E-state index is -0.652. The normalized spacial score (nSPS) is 11.5. The molecule has 146 valence electrons. The quantitative estimate of drug-likeness (QED) is 0.624. The van der Waals surface area contributed by atoms with Crippen molar-refractivity contribution in [3.05, 3.63) is 59.1 Å². The van der Waals surface area contributed by atoms with Gasteiger partial charge < -0.3 is 14.2 Å². The van der Waals surface area contributed by atoms with Crippen molar-refractivity contribution in [2.24, 2.45) is 0 Å². The summed E-state index contributed by atoms with van der Waals surface area (Å²) in [6, 6.07) is 14.9. The molecule has 0 bridgehead atoms. The molecule has 0 aliphatic heterocycles. The van der Waals surface area contributed by atoms with Crippen LogP contribution in [0.25, 0.3) is 0 Å². The topological polar surface area (TPSA) is 82.6 Å². The van der Waals surface area contributed by atoms with Crippen molar-refractivity contribution in [3.8, 4) is 17.2 Å². The van der Waals surface area contributed by atoms with Crippen molar-refractivity contribution in [1.29, 1.82) is 0 Å². The fourth-order valence-electron chi connectivity index (χ4n) is 2.50. The maximum absolute atomic E-state index is 12.3. The fourth-order valence-corrected chi connectivity index (χ4v) is 3.28. The number of amides is 1. The van der Waals surface area contributed by atoms with Gasteiger partial charge in [-0.15, -0.1) is 10.2 Å². The van der Waals surface area contributed by atoms with Gasteiger partial charge in [-0.05, 0) is 36.8 Å². The third kappa shape index (κ3) is 4.98. The van der Waals surface area contributed by atoms with E-state index < -0.39 is 6.10 Å². The highest BCUT2D eigenvalue weighted by molar-refractivity contribution is 7.15. The third-order valence-electron chi connectivity index (χ3n) is 3.93. The molecule has 0 spiro atoms. The second-order valence-electron chi connectivity index (χ2n) is 5.93. The Hall–Kier alpha value is -3.13. The average Bonchev–Trinajstić information content (AvgIpc) is 3.15. The summed E-state index contributed by atoms with van der Waals surface area (Å²) in [6.45, 7) is 1.69. The Morgan fingerprint density at radius 1 is 1.07 bits per heavy atom. The van der Waals surface area contributed by atoms with E-state index in [1.807, 2.05) is 36.4 Å². The number of carbonyl (C=O) groups is 1. The number of nitrogens with one attached hydrogen (secondary N) is 1. The fraction of sp³-hybridized carbons (Fsp3) is 0.250. The Bertz CT molecular complexity index is 930. The number of anilines is 1. The summed E-state index contributed by atoms with van der Waals surface area (Å²) in [5.41, 5.74) is 1.01. The summed E-state index contributed by atoms with van der Waals surface area (Å²) in [7, 11) is 3.19. The largest absolute Gasteiger partial charge is 0.493 e. The van der Waals surface area contributed by atoms with Gasteiger partial charge >= 0.3 is 0 Å². The molecule has 1 amide bonds. The van der Waals surface area contributed by atoms with Gasteiger partial charge in [-0.2, -0.15) is 0 Å². The zero-order valence-corrected chi connectivity index (χ0v) is 16.7. The maximum atomic E-state index is 12.3. The smallest absolute Gasteiger partial charge is 0.266 e. The standard InChI is InChI=1S/C20H21N3O4S/c1-13(27-15-7-5-4-6-8-15)19(24)21-20-23-22-18(28-20)12-14-9-10-16(25-2)17(11-14)26-3/h4-11,13H,12H2,1-3H3,(H,21,23,24)/t13-/m1/s1. The molecule has 0 aliphatic carbocycles. The van der Waals surface area contributed by atoms with E-state index in [1.54, 1.807) is 33.3 Å². The molecule has 1 aromatic heterocycles. The van der Waals surface area contributed by atoms with E-state index in [0.29, 0.717) is 28.8 Å². The molecule has 0 aliphatic rings. The Morgan fingerprint density at radius 2 is 1.82 bits per heavy atom. The zero-order valence-electron chi connectivity index (χ0n) is 15.8. The highest BCUT2D eigenvalue weighted by Gasteiger charge is 2.17. The molecule has 0 radical (unpaired) electrons. The van der Waals surface area contributed by atoms with E-state index in [-0.39, 0.29) is 5.91 Å². The molecule has 2 aromatic carbocycles. The van der Waals surface area contributed by atoms with Crippen molar-refractivity contribution >= 4 is 22.4 Å². The van der Waals surface area contributed by atoms with Crippen molar-refractivity contribution < 1.29 is 19.0 Å². The number of methoxy groups -OCH3 is 2. The first-order valence-electron chi connectivity index (χ1n) is 8.65. The lowest BCUT2D eigenvalue weighted by Gasteiger charge is -2.13. The highest BCUT2D eigenvalue weighted by Crippen LogP contribution is 2.29. The van der Waals surface area contributed by atoms with Crippen molar-refractivity contribution in [1.82, 2.24) is 10.2 Å². The summed E-state index contributed by atoms with van der Waals surface area (Å²) < 4.78 is 16.2. The Balaban J connectivity index is 1.60. The van der Waals surface area contributed by atoms with Crippen LogP contribution in [-0.2, 0) is 11.2 Å². The van der Waals surface area contributed by atoms with Crippen LogP contribution in [0.4, 0.5) is 5.13 Å². The van der Waals surface area contributed by atoms with Crippen molar-refractivity contribution in [2.45, 2.75) is 19.4 Å². The first-order chi connectivity index (χ1) is 13.6. The Morgan fingerprint density at radius 3 is 2.54 bits per heavy atom. The maximum Gasteiger partial charge on any atom is 0.266 e. The average molecular weight is 399 g/mol. The van der Waals surface area contributed by atoms with Crippen LogP contribution in [0.2, 0.25) is 0 Å². The van der Waals surface area contributed by atoms with E-state index in [4.69, 9.17) is 14.2 Å². The third-order valence-corrected chi connectivity index (χ3v) is 4.76. The molecule has 0 fully saturated rings. The van der Waals surface area contributed by atoms with Gasteiger partial charge in [-0.3, -0.25) is 10.1 Å². The van der Waals surface area contributed by atoms with Gasteiger partial charge in [0, 0.05) is 6.42 Å². The van der Waals surface area contributed by atoms with Gasteiger partial charge in [0.2, 0.25) is 5.13 Å². The second-order valence-corrected chi connectivity index (χ2v) is 6.99. The predicted octanol–water partition coefficient (Wildman–Crippen LogP) is 3.55. The lowest BCUT2D eigenvalue weighted by Crippen LogP contribution is -2.30. The lowest BCUT2D eigenvalue weighted by atomic mass is 10.1. The van der Waals surface area contributed by atoms with E-state index in [2.05, 4.69) is 15.5 Å². The van der Waals surface area contributed by atoms with Gasteiger partial charge in [-0.1, -0.05) is 35.6 Å². The molecule has 28 heavy (non-hydrogen) atoms. The van der Waals surface area contributed by atoms with Crippen LogP contribution in [0.3, 0.4) is 0 Å².